The smallest absolute Gasteiger partial charge is 0.358 e. The predicted molar refractivity (Wildman–Crippen MR) is 42.7 cm³/mol. The van der Waals surface area contributed by atoms with Gasteiger partial charge in [-0.2, -0.15) is 0 Å². The van der Waals surface area contributed by atoms with Gasteiger partial charge < -0.3 is 10.1 Å². The van der Waals surface area contributed by atoms with Crippen molar-refractivity contribution in [2.24, 2.45) is 4.99 Å². The van der Waals surface area contributed by atoms with Gasteiger partial charge in [-0.25, -0.2) is 0 Å². The molecule has 4 nitrogen and oxygen atoms in total. The number of hydrogen-bond donors (Lipinski definition) is 0. The predicted octanol–water partition coefficient (Wildman–Crippen LogP) is 1.71. The third-order valence-electron chi connectivity index (χ3n) is 0.716. The van der Waals surface area contributed by atoms with E-state index in [9.17, 15) is 10.1 Å². The first-order chi connectivity index (χ1) is 4.63. The van der Waals surface area contributed by atoms with Crippen molar-refractivity contribution >= 4 is 22.6 Å². The van der Waals surface area contributed by atoms with Gasteiger partial charge in [0.1, 0.15) is 11.2 Å². The molecule has 0 aliphatic heterocycles. The Morgan fingerprint density at radius 2 is 2.30 bits per heavy atom. The van der Waals surface area contributed by atoms with Gasteiger partial charge in [-0.3, -0.25) is 0 Å². The summed E-state index contributed by atoms with van der Waals surface area (Å²) in [5, 5.41) is 10.1. The van der Waals surface area contributed by atoms with Crippen LogP contribution in [0.5, 0.6) is 0 Å². The summed E-state index contributed by atoms with van der Waals surface area (Å²) in [5.74, 6) is -0.324. The minimum absolute atomic E-state index is 0.229. The number of hydrogen-bond acceptors (Lipinski definition) is 3. The van der Waals surface area contributed by atoms with Gasteiger partial charge in [-0.1, -0.05) is 11.6 Å². The molecule has 0 bridgehead atoms. The lowest BCUT2D eigenvalue weighted by Gasteiger charge is -1.91. The molecule has 0 aromatic heterocycles. The lowest BCUT2D eigenvalue weighted by atomic mass is 10.5. The van der Waals surface area contributed by atoms with Gasteiger partial charge in [0.25, 0.3) is 0 Å². The molecule has 0 aliphatic carbocycles. The molecule has 10 heavy (non-hydrogen) atoms. The zero-order valence-corrected chi connectivity index (χ0v) is 6.67. The molecular formula is C5H5BrN2O2. The fourth-order valence-corrected chi connectivity index (χ4v) is 0.582. The Hall–Kier alpha value is -0.970. The molecule has 0 unspecified atom stereocenters. The van der Waals surface area contributed by atoms with E-state index >= 15 is 0 Å². The SMILES string of the molecule is C=C/C(Br)=C(\N=C)[N+](=O)[O-]. The van der Waals surface area contributed by atoms with Crippen molar-refractivity contribution in [3.05, 3.63) is 33.1 Å². The van der Waals surface area contributed by atoms with Crippen LogP contribution < -0.4 is 0 Å². The Labute approximate surface area is 66.2 Å². The van der Waals surface area contributed by atoms with Gasteiger partial charge in [0, 0.05) is 0 Å². The summed E-state index contributed by atoms with van der Waals surface area (Å²) in [7, 11) is 0. The van der Waals surface area contributed by atoms with E-state index in [-0.39, 0.29) is 10.3 Å². The summed E-state index contributed by atoms with van der Waals surface area (Å²) in [6, 6.07) is 0. The maximum atomic E-state index is 10.1. The summed E-state index contributed by atoms with van der Waals surface area (Å²) in [6.45, 7) is 6.34. The Kier molecular flexibility index (Phi) is 3.56. The highest BCUT2D eigenvalue weighted by atomic mass is 79.9. The van der Waals surface area contributed by atoms with Crippen LogP contribution in [0.3, 0.4) is 0 Å². The monoisotopic (exact) mass is 204 g/mol. The average Bonchev–Trinajstić information content (AvgIpc) is 1.88. The Morgan fingerprint density at radius 3 is 2.40 bits per heavy atom. The topological polar surface area (TPSA) is 55.5 Å². The second-order valence-electron chi connectivity index (χ2n) is 1.29. The number of halogens is 1. The van der Waals surface area contributed by atoms with E-state index < -0.39 is 4.92 Å². The van der Waals surface area contributed by atoms with Crippen LogP contribution in [0.15, 0.2) is 28.0 Å². The first-order valence-corrected chi connectivity index (χ1v) is 3.06. The van der Waals surface area contributed by atoms with Crippen LogP contribution in [0.2, 0.25) is 0 Å². The number of nitrogens with zero attached hydrogens (tertiary/aromatic N) is 2. The molecule has 0 amide bonds. The molecule has 0 aromatic carbocycles. The van der Waals surface area contributed by atoms with Crippen molar-refractivity contribution in [1.82, 2.24) is 0 Å². The second kappa shape index (κ2) is 3.94. The van der Waals surface area contributed by atoms with E-state index in [0.717, 1.165) is 0 Å². The maximum absolute atomic E-state index is 10.1. The van der Waals surface area contributed by atoms with Crippen LogP contribution in [0.4, 0.5) is 0 Å². The van der Waals surface area contributed by atoms with Crippen LogP contribution in [0.25, 0.3) is 0 Å². The highest BCUT2D eigenvalue weighted by Gasteiger charge is 2.09. The van der Waals surface area contributed by atoms with Crippen LogP contribution >= 0.6 is 15.9 Å². The third-order valence-corrected chi connectivity index (χ3v) is 1.39. The molecular weight excluding hydrogens is 200 g/mol. The summed E-state index contributed by atoms with van der Waals surface area (Å²) in [6.07, 6.45) is 1.28. The summed E-state index contributed by atoms with van der Waals surface area (Å²) in [4.78, 5) is 12.6. The molecule has 5 heteroatoms. The van der Waals surface area contributed by atoms with Crippen molar-refractivity contribution in [2.45, 2.75) is 0 Å². The van der Waals surface area contributed by atoms with Gasteiger partial charge in [-0.05, 0) is 26.9 Å². The summed E-state index contributed by atoms with van der Waals surface area (Å²) >= 11 is 2.89. The van der Waals surface area contributed by atoms with E-state index in [4.69, 9.17) is 0 Å². The Bertz CT molecular complexity index is 210. The molecule has 0 rings (SSSR count). The fraction of sp³-hybridized carbons (Fsp3) is 0. The molecule has 0 saturated heterocycles. The largest absolute Gasteiger partial charge is 0.377 e. The Balaban J connectivity index is 4.79. The standard InChI is InChI=1S/C5H5BrN2O2/c1-3-4(6)5(7-2)8(9)10/h3H,1-2H2/b5-4-. The average molecular weight is 205 g/mol. The lowest BCUT2D eigenvalue weighted by molar-refractivity contribution is -0.426. The van der Waals surface area contributed by atoms with Crippen LogP contribution in [0.1, 0.15) is 0 Å². The molecule has 0 fully saturated rings. The molecule has 0 saturated carbocycles. The number of aliphatic imine (C=N–C) groups is 1. The number of allylic oxidation sites excluding steroid dienone is 2. The van der Waals surface area contributed by atoms with Crippen LogP contribution in [-0.4, -0.2) is 11.6 Å². The van der Waals surface area contributed by atoms with Crippen molar-refractivity contribution in [3.63, 3.8) is 0 Å². The molecule has 54 valence electrons. The zero-order valence-electron chi connectivity index (χ0n) is 5.08. The molecule has 0 radical (unpaired) electrons. The highest BCUT2D eigenvalue weighted by molar-refractivity contribution is 9.11. The second-order valence-corrected chi connectivity index (χ2v) is 2.15. The summed E-state index contributed by atoms with van der Waals surface area (Å²) < 4.78 is 0.229. The molecule has 0 heterocycles. The van der Waals surface area contributed by atoms with E-state index in [1.807, 2.05) is 0 Å². The fourth-order valence-electron chi connectivity index (χ4n) is 0.312. The van der Waals surface area contributed by atoms with Gasteiger partial charge >= 0.3 is 5.82 Å². The number of nitro groups is 1. The number of rotatable bonds is 3. The van der Waals surface area contributed by atoms with E-state index in [2.05, 4.69) is 34.2 Å². The van der Waals surface area contributed by atoms with Crippen molar-refractivity contribution in [2.75, 3.05) is 0 Å². The molecule has 0 aromatic rings. The highest BCUT2D eigenvalue weighted by Crippen LogP contribution is 2.13. The van der Waals surface area contributed by atoms with Gasteiger partial charge in [0.2, 0.25) is 0 Å². The van der Waals surface area contributed by atoms with Gasteiger partial charge in [0.15, 0.2) is 0 Å². The van der Waals surface area contributed by atoms with Gasteiger partial charge in [-0.15, -0.1) is 0 Å². The third kappa shape index (κ3) is 2.10. The maximum Gasteiger partial charge on any atom is 0.377 e. The quantitative estimate of drug-likeness (QED) is 0.304. The Morgan fingerprint density at radius 1 is 1.80 bits per heavy atom. The van der Waals surface area contributed by atoms with Crippen LogP contribution in [0, 0.1) is 10.1 Å². The first kappa shape index (κ1) is 9.03. The van der Waals surface area contributed by atoms with E-state index in [1.165, 1.54) is 6.08 Å². The summed E-state index contributed by atoms with van der Waals surface area (Å²) in [5.41, 5.74) is 0. The minimum Gasteiger partial charge on any atom is -0.358 e. The normalized spacial score (nSPS) is 11.7. The van der Waals surface area contributed by atoms with Crippen molar-refractivity contribution in [3.8, 4) is 0 Å². The molecule has 0 N–H and O–H groups in total. The first-order valence-electron chi connectivity index (χ1n) is 2.26. The molecule has 0 atom stereocenters. The lowest BCUT2D eigenvalue weighted by Crippen LogP contribution is -1.96. The van der Waals surface area contributed by atoms with E-state index in [1.54, 1.807) is 0 Å². The van der Waals surface area contributed by atoms with Crippen LogP contribution in [-0.2, 0) is 0 Å². The molecule has 0 spiro atoms. The minimum atomic E-state index is -0.640. The van der Waals surface area contributed by atoms with Crippen molar-refractivity contribution < 1.29 is 4.92 Å². The van der Waals surface area contributed by atoms with Gasteiger partial charge in [0.05, 0.1) is 0 Å². The van der Waals surface area contributed by atoms with Crippen molar-refractivity contribution in [1.29, 1.82) is 0 Å². The molecule has 0 aliphatic rings. The zero-order chi connectivity index (χ0) is 8.15. The van der Waals surface area contributed by atoms with E-state index in [0.29, 0.717) is 0 Å².